The van der Waals surface area contributed by atoms with Crippen LogP contribution in [0.15, 0.2) is 115 Å². The molecule has 31 heavy (non-hydrogen) atoms. The number of methoxy groups -OCH3 is 1. The zero-order chi connectivity index (χ0) is 21.0. The van der Waals surface area contributed by atoms with Crippen molar-refractivity contribution in [1.82, 2.24) is 9.78 Å². The fraction of sp³-hybridized carbons (Fsp3) is 0.0357. The number of aromatic nitrogens is 2. The van der Waals surface area contributed by atoms with Gasteiger partial charge in [-0.05, 0) is 17.7 Å². The molecule has 3 heteroatoms. The van der Waals surface area contributed by atoms with Gasteiger partial charge in [-0.25, -0.2) is 4.68 Å². The van der Waals surface area contributed by atoms with Crippen LogP contribution in [0.3, 0.4) is 0 Å². The number of ether oxygens (including phenoxy) is 1. The predicted molar refractivity (Wildman–Crippen MR) is 126 cm³/mol. The van der Waals surface area contributed by atoms with Gasteiger partial charge in [0.05, 0.1) is 18.5 Å². The quantitative estimate of drug-likeness (QED) is 0.320. The number of hydrogen-bond acceptors (Lipinski definition) is 2. The Bertz CT molecular complexity index is 1290. The van der Waals surface area contributed by atoms with E-state index in [0.29, 0.717) is 0 Å². The number of rotatable bonds is 5. The van der Waals surface area contributed by atoms with Crippen molar-refractivity contribution in [3.63, 3.8) is 0 Å². The molecule has 0 N–H and O–H groups in total. The first-order chi connectivity index (χ1) is 15.3. The summed E-state index contributed by atoms with van der Waals surface area (Å²) in [7, 11) is 1.69. The Labute approximate surface area is 182 Å². The highest BCUT2D eigenvalue weighted by molar-refractivity contribution is 5.92. The fourth-order valence-corrected chi connectivity index (χ4v) is 3.89. The molecule has 150 valence electrons. The van der Waals surface area contributed by atoms with Gasteiger partial charge in [0.25, 0.3) is 0 Å². The summed E-state index contributed by atoms with van der Waals surface area (Å²) < 4.78 is 7.52. The minimum atomic E-state index is 0.800. The number of benzene rings is 4. The highest BCUT2D eigenvalue weighted by Crippen LogP contribution is 2.41. The first-order valence-electron chi connectivity index (χ1n) is 10.3. The second kappa shape index (κ2) is 8.33. The summed E-state index contributed by atoms with van der Waals surface area (Å²) in [5, 5.41) is 5.14. The SMILES string of the molecule is COc1cccc(-n2nc(-c3ccccc3)c(-c3ccccc3)c2-c2ccccc2)c1. The van der Waals surface area contributed by atoms with Crippen molar-refractivity contribution in [2.75, 3.05) is 7.11 Å². The summed E-state index contributed by atoms with van der Waals surface area (Å²) in [6.07, 6.45) is 0. The molecule has 0 saturated heterocycles. The van der Waals surface area contributed by atoms with Gasteiger partial charge in [0, 0.05) is 22.8 Å². The van der Waals surface area contributed by atoms with Crippen LogP contribution >= 0.6 is 0 Å². The monoisotopic (exact) mass is 402 g/mol. The summed E-state index contributed by atoms with van der Waals surface area (Å²) in [6.45, 7) is 0. The molecule has 0 fully saturated rings. The van der Waals surface area contributed by atoms with E-state index >= 15 is 0 Å². The third kappa shape index (κ3) is 3.62. The van der Waals surface area contributed by atoms with E-state index in [9.17, 15) is 0 Å². The number of nitrogens with zero attached hydrogens (tertiary/aromatic N) is 2. The lowest BCUT2D eigenvalue weighted by atomic mass is 9.96. The van der Waals surface area contributed by atoms with E-state index < -0.39 is 0 Å². The fourth-order valence-electron chi connectivity index (χ4n) is 3.89. The molecule has 0 spiro atoms. The lowest BCUT2D eigenvalue weighted by Crippen LogP contribution is -2.00. The molecule has 0 radical (unpaired) electrons. The zero-order valence-corrected chi connectivity index (χ0v) is 17.3. The van der Waals surface area contributed by atoms with Crippen LogP contribution in [0.2, 0.25) is 0 Å². The average Bonchev–Trinajstić information content (AvgIpc) is 3.26. The van der Waals surface area contributed by atoms with E-state index in [2.05, 4.69) is 78.9 Å². The standard InChI is InChI=1S/C28H22N2O/c1-31-25-19-11-18-24(20-25)30-28(23-16-9-4-10-17-23)26(21-12-5-2-6-13-21)27(29-30)22-14-7-3-8-15-22/h2-20H,1H3. The lowest BCUT2D eigenvalue weighted by Gasteiger charge is -2.11. The third-order valence-electron chi connectivity index (χ3n) is 5.34. The molecule has 0 saturated carbocycles. The minimum Gasteiger partial charge on any atom is -0.497 e. The van der Waals surface area contributed by atoms with E-state index in [4.69, 9.17) is 9.84 Å². The van der Waals surface area contributed by atoms with Gasteiger partial charge in [-0.2, -0.15) is 5.10 Å². The van der Waals surface area contributed by atoms with Crippen LogP contribution in [0.25, 0.3) is 39.3 Å². The van der Waals surface area contributed by atoms with E-state index in [-0.39, 0.29) is 0 Å². The lowest BCUT2D eigenvalue weighted by molar-refractivity contribution is 0.414. The summed E-state index contributed by atoms with van der Waals surface area (Å²) in [5.74, 6) is 0.800. The maximum absolute atomic E-state index is 5.49. The molecule has 4 aromatic carbocycles. The highest BCUT2D eigenvalue weighted by atomic mass is 16.5. The van der Waals surface area contributed by atoms with Crippen LogP contribution in [0, 0.1) is 0 Å². The molecule has 0 aliphatic heterocycles. The predicted octanol–water partition coefficient (Wildman–Crippen LogP) is 6.88. The van der Waals surface area contributed by atoms with Crippen LogP contribution < -0.4 is 4.74 Å². The van der Waals surface area contributed by atoms with Crippen LogP contribution in [-0.4, -0.2) is 16.9 Å². The topological polar surface area (TPSA) is 27.1 Å². The van der Waals surface area contributed by atoms with Crippen molar-refractivity contribution < 1.29 is 4.74 Å². The van der Waals surface area contributed by atoms with Gasteiger partial charge < -0.3 is 4.74 Å². The molecule has 0 aliphatic carbocycles. The van der Waals surface area contributed by atoms with Crippen LogP contribution in [0.5, 0.6) is 5.75 Å². The summed E-state index contributed by atoms with van der Waals surface area (Å²) >= 11 is 0. The van der Waals surface area contributed by atoms with Gasteiger partial charge in [-0.1, -0.05) is 97.1 Å². The Morgan fingerprint density at radius 2 is 1.19 bits per heavy atom. The second-order valence-electron chi connectivity index (χ2n) is 7.28. The van der Waals surface area contributed by atoms with Crippen LogP contribution in [0.1, 0.15) is 0 Å². The van der Waals surface area contributed by atoms with E-state index in [1.54, 1.807) is 7.11 Å². The van der Waals surface area contributed by atoms with Crippen LogP contribution in [-0.2, 0) is 0 Å². The first kappa shape index (κ1) is 18.9. The van der Waals surface area contributed by atoms with Crippen molar-refractivity contribution in [3.8, 4) is 45.1 Å². The molecule has 0 unspecified atom stereocenters. The molecule has 0 bridgehead atoms. The van der Waals surface area contributed by atoms with Crippen molar-refractivity contribution in [1.29, 1.82) is 0 Å². The zero-order valence-electron chi connectivity index (χ0n) is 17.3. The number of hydrogen-bond donors (Lipinski definition) is 0. The summed E-state index contributed by atoms with van der Waals surface area (Å²) in [5.41, 5.74) is 7.40. The maximum atomic E-state index is 5.49. The Kier molecular flexibility index (Phi) is 5.07. The van der Waals surface area contributed by atoms with Crippen molar-refractivity contribution in [2.45, 2.75) is 0 Å². The molecule has 1 aromatic heterocycles. The maximum Gasteiger partial charge on any atom is 0.121 e. The van der Waals surface area contributed by atoms with E-state index in [1.807, 2.05) is 41.1 Å². The molecule has 5 aromatic rings. The largest absolute Gasteiger partial charge is 0.497 e. The third-order valence-corrected chi connectivity index (χ3v) is 5.34. The highest BCUT2D eigenvalue weighted by Gasteiger charge is 2.22. The molecule has 5 rings (SSSR count). The Balaban J connectivity index is 1.88. The Morgan fingerprint density at radius 1 is 0.613 bits per heavy atom. The minimum absolute atomic E-state index is 0.800. The van der Waals surface area contributed by atoms with Gasteiger partial charge in [0.2, 0.25) is 0 Å². The Morgan fingerprint density at radius 3 is 1.81 bits per heavy atom. The normalized spacial score (nSPS) is 10.7. The smallest absolute Gasteiger partial charge is 0.121 e. The summed E-state index contributed by atoms with van der Waals surface area (Å²) in [6, 6.07) is 39.3. The van der Waals surface area contributed by atoms with Gasteiger partial charge in [-0.15, -0.1) is 0 Å². The van der Waals surface area contributed by atoms with Gasteiger partial charge >= 0.3 is 0 Å². The molecule has 0 aliphatic rings. The summed E-state index contributed by atoms with van der Waals surface area (Å²) in [4.78, 5) is 0. The van der Waals surface area contributed by atoms with Crippen molar-refractivity contribution in [3.05, 3.63) is 115 Å². The molecule has 0 amide bonds. The molecular weight excluding hydrogens is 380 g/mol. The van der Waals surface area contributed by atoms with E-state index in [1.165, 1.54) is 0 Å². The van der Waals surface area contributed by atoms with Crippen molar-refractivity contribution in [2.24, 2.45) is 0 Å². The van der Waals surface area contributed by atoms with Crippen LogP contribution in [0.4, 0.5) is 0 Å². The first-order valence-corrected chi connectivity index (χ1v) is 10.3. The molecular formula is C28H22N2O. The second-order valence-corrected chi connectivity index (χ2v) is 7.28. The van der Waals surface area contributed by atoms with Crippen molar-refractivity contribution >= 4 is 0 Å². The van der Waals surface area contributed by atoms with Gasteiger partial charge in [0.15, 0.2) is 0 Å². The molecule has 3 nitrogen and oxygen atoms in total. The molecule has 1 heterocycles. The van der Waals surface area contributed by atoms with E-state index in [0.717, 1.165) is 45.1 Å². The molecule has 0 atom stereocenters. The van der Waals surface area contributed by atoms with Gasteiger partial charge in [0.1, 0.15) is 11.4 Å². The average molecular weight is 402 g/mol. The Hall–Kier alpha value is -4.11. The van der Waals surface area contributed by atoms with Gasteiger partial charge in [-0.3, -0.25) is 0 Å².